The van der Waals surface area contributed by atoms with Crippen molar-refractivity contribution in [3.63, 3.8) is 0 Å². The average molecular weight is 253 g/mol. The van der Waals surface area contributed by atoms with Gasteiger partial charge in [0.15, 0.2) is 5.82 Å². The number of aryl methyl sites for hydroxylation is 1. The lowest BCUT2D eigenvalue weighted by molar-refractivity contribution is 0.247. The standard InChI is InChI=1S/C14H27N3O/c1-6-8-9-12-16-13(18-17-12)10-11(15-7-2)14(3,4)5/h11,15H,6-10H2,1-5H3. The molecule has 1 rings (SSSR count). The van der Waals surface area contributed by atoms with Crippen molar-refractivity contribution < 1.29 is 4.52 Å². The molecule has 0 radical (unpaired) electrons. The predicted molar refractivity (Wildman–Crippen MR) is 73.5 cm³/mol. The molecule has 0 aliphatic carbocycles. The number of unbranched alkanes of at least 4 members (excludes halogenated alkanes) is 1. The van der Waals surface area contributed by atoms with Gasteiger partial charge in [-0.15, -0.1) is 0 Å². The molecule has 1 atom stereocenters. The van der Waals surface area contributed by atoms with E-state index < -0.39 is 0 Å². The topological polar surface area (TPSA) is 51.0 Å². The van der Waals surface area contributed by atoms with Gasteiger partial charge in [-0.1, -0.05) is 46.2 Å². The summed E-state index contributed by atoms with van der Waals surface area (Å²) in [6, 6.07) is 0.363. The molecule has 0 saturated carbocycles. The van der Waals surface area contributed by atoms with Gasteiger partial charge in [0.05, 0.1) is 0 Å². The Balaban J connectivity index is 2.61. The first-order valence-electron chi connectivity index (χ1n) is 7.02. The van der Waals surface area contributed by atoms with Gasteiger partial charge in [-0.25, -0.2) is 0 Å². The summed E-state index contributed by atoms with van der Waals surface area (Å²) < 4.78 is 5.33. The van der Waals surface area contributed by atoms with Crippen LogP contribution in [0.4, 0.5) is 0 Å². The molecule has 0 amide bonds. The van der Waals surface area contributed by atoms with E-state index in [-0.39, 0.29) is 5.41 Å². The van der Waals surface area contributed by atoms with Crippen LogP contribution in [0, 0.1) is 5.41 Å². The van der Waals surface area contributed by atoms with Gasteiger partial charge in [0, 0.05) is 18.9 Å². The van der Waals surface area contributed by atoms with E-state index in [1.807, 2.05) is 0 Å². The lowest BCUT2D eigenvalue weighted by atomic mass is 9.84. The van der Waals surface area contributed by atoms with Crippen molar-refractivity contribution in [2.75, 3.05) is 6.54 Å². The summed E-state index contributed by atoms with van der Waals surface area (Å²) in [5.74, 6) is 1.60. The molecule has 1 unspecified atom stereocenters. The fraction of sp³-hybridized carbons (Fsp3) is 0.857. The largest absolute Gasteiger partial charge is 0.339 e. The van der Waals surface area contributed by atoms with Crippen LogP contribution in [0.15, 0.2) is 4.52 Å². The number of hydrogen-bond donors (Lipinski definition) is 1. The molecule has 18 heavy (non-hydrogen) atoms. The number of aromatic nitrogens is 2. The molecule has 4 heteroatoms. The maximum absolute atomic E-state index is 5.33. The van der Waals surface area contributed by atoms with Gasteiger partial charge in [0.2, 0.25) is 5.89 Å². The Morgan fingerprint density at radius 3 is 2.56 bits per heavy atom. The summed E-state index contributed by atoms with van der Waals surface area (Å²) in [5, 5.41) is 7.53. The highest BCUT2D eigenvalue weighted by molar-refractivity contribution is 4.93. The van der Waals surface area contributed by atoms with Crippen LogP contribution in [0.3, 0.4) is 0 Å². The molecule has 0 spiro atoms. The molecule has 1 aromatic rings. The number of likely N-dealkylation sites (N-methyl/N-ethyl adjacent to an activating group) is 1. The smallest absolute Gasteiger partial charge is 0.228 e. The van der Waals surface area contributed by atoms with E-state index in [0.29, 0.717) is 6.04 Å². The van der Waals surface area contributed by atoms with Crippen molar-refractivity contribution in [1.29, 1.82) is 0 Å². The SMILES string of the molecule is CCCCc1noc(CC(NCC)C(C)(C)C)n1. The normalized spacial score (nSPS) is 13.8. The summed E-state index contributed by atoms with van der Waals surface area (Å²) in [5.41, 5.74) is 0.189. The molecule has 4 nitrogen and oxygen atoms in total. The molecule has 1 N–H and O–H groups in total. The average Bonchev–Trinajstić information content (AvgIpc) is 2.72. The third-order valence-electron chi connectivity index (χ3n) is 3.14. The van der Waals surface area contributed by atoms with Gasteiger partial charge < -0.3 is 9.84 Å². The molecule has 0 aliphatic rings. The molecule has 0 saturated heterocycles. The first-order chi connectivity index (χ1) is 8.47. The zero-order chi connectivity index (χ0) is 13.6. The minimum absolute atomic E-state index is 0.189. The quantitative estimate of drug-likeness (QED) is 0.811. The van der Waals surface area contributed by atoms with Crippen LogP contribution in [0.5, 0.6) is 0 Å². The van der Waals surface area contributed by atoms with E-state index in [9.17, 15) is 0 Å². The first kappa shape index (κ1) is 15.2. The van der Waals surface area contributed by atoms with Crippen LogP contribution in [0.25, 0.3) is 0 Å². The molecule has 0 fully saturated rings. The summed E-state index contributed by atoms with van der Waals surface area (Å²) in [7, 11) is 0. The zero-order valence-corrected chi connectivity index (χ0v) is 12.4. The summed E-state index contributed by atoms with van der Waals surface area (Å²) in [4.78, 5) is 4.47. The minimum atomic E-state index is 0.189. The molecule has 0 aliphatic heterocycles. The van der Waals surface area contributed by atoms with E-state index in [1.165, 1.54) is 0 Å². The maximum atomic E-state index is 5.33. The molecule has 0 bridgehead atoms. The van der Waals surface area contributed by atoms with E-state index in [0.717, 1.165) is 43.9 Å². The number of rotatable bonds is 7. The Hall–Kier alpha value is -0.900. The molecule has 104 valence electrons. The van der Waals surface area contributed by atoms with Crippen LogP contribution >= 0.6 is 0 Å². The second kappa shape index (κ2) is 6.88. The van der Waals surface area contributed by atoms with Crippen LogP contribution < -0.4 is 5.32 Å². The lowest BCUT2D eigenvalue weighted by Crippen LogP contribution is -2.41. The van der Waals surface area contributed by atoms with E-state index >= 15 is 0 Å². The fourth-order valence-electron chi connectivity index (χ4n) is 1.92. The molecular weight excluding hydrogens is 226 g/mol. The van der Waals surface area contributed by atoms with Crippen molar-refractivity contribution in [3.05, 3.63) is 11.7 Å². The van der Waals surface area contributed by atoms with Gasteiger partial charge >= 0.3 is 0 Å². The number of hydrogen-bond acceptors (Lipinski definition) is 4. The summed E-state index contributed by atoms with van der Waals surface area (Å²) in [6.07, 6.45) is 4.00. The van der Waals surface area contributed by atoms with Gasteiger partial charge in [0.1, 0.15) is 0 Å². The fourth-order valence-corrected chi connectivity index (χ4v) is 1.92. The van der Waals surface area contributed by atoms with Gasteiger partial charge in [0.25, 0.3) is 0 Å². The van der Waals surface area contributed by atoms with Gasteiger partial charge in [-0.3, -0.25) is 0 Å². The number of nitrogens with zero attached hydrogens (tertiary/aromatic N) is 2. The summed E-state index contributed by atoms with van der Waals surface area (Å²) >= 11 is 0. The van der Waals surface area contributed by atoms with Crippen LogP contribution in [-0.2, 0) is 12.8 Å². The molecule has 1 heterocycles. The van der Waals surface area contributed by atoms with Crippen molar-refractivity contribution in [2.24, 2.45) is 5.41 Å². The first-order valence-corrected chi connectivity index (χ1v) is 7.02. The zero-order valence-electron chi connectivity index (χ0n) is 12.4. The van der Waals surface area contributed by atoms with Crippen LogP contribution in [0.1, 0.15) is 59.2 Å². The highest BCUT2D eigenvalue weighted by Crippen LogP contribution is 2.22. The summed E-state index contributed by atoms with van der Waals surface area (Å²) in [6.45, 7) is 11.9. The van der Waals surface area contributed by atoms with Crippen molar-refractivity contribution in [2.45, 2.75) is 66.3 Å². The van der Waals surface area contributed by atoms with Gasteiger partial charge in [-0.2, -0.15) is 4.98 Å². The molecule has 1 aromatic heterocycles. The Morgan fingerprint density at radius 2 is 2.00 bits per heavy atom. The Bertz CT molecular complexity index is 341. The monoisotopic (exact) mass is 253 g/mol. The second-order valence-corrected chi connectivity index (χ2v) is 5.89. The van der Waals surface area contributed by atoms with Gasteiger partial charge in [-0.05, 0) is 18.4 Å². The third-order valence-corrected chi connectivity index (χ3v) is 3.14. The molecule has 0 aromatic carbocycles. The van der Waals surface area contributed by atoms with E-state index in [4.69, 9.17) is 4.52 Å². The maximum Gasteiger partial charge on any atom is 0.228 e. The van der Waals surface area contributed by atoms with Crippen molar-refractivity contribution in [1.82, 2.24) is 15.5 Å². The van der Waals surface area contributed by atoms with E-state index in [1.54, 1.807) is 0 Å². The Kier molecular flexibility index (Phi) is 5.79. The third kappa shape index (κ3) is 4.77. The number of nitrogens with one attached hydrogen (secondary N) is 1. The van der Waals surface area contributed by atoms with Crippen molar-refractivity contribution >= 4 is 0 Å². The Labute approximate surface area is 111 Å². The van der Waals surface area contributed by atoms with Crippen LogP contribution in [-0.4, -0.2) is 22.7 Å². The highest BCUT2D eigenvalue weighted by atomic mass is 16.5. The highest BCUT2D eigenvalue weighted by Gasteiger charge is 2.26. The predicted octanol–water partition coefficient (Wildman–Crippen LogP) is 2.98. The minimum Gasteiger partial charge on any atom is -0.339 e. The second-order valence-electron chi connectivity index (χ2n) is 5.89. The lowest BCUT2D eigenvalue weighted by Gasteiger charge is -2.30. The van der Waals surface area contributed by atoms with Crippen molar-refractivity contribution in [3.8, 4) is 0 Å². The van der Waals surface area contributed by atoms with Crippen LogP contribution in [0.2, 0.25) is 0 Å². The Morgan fingerprint density at radius 1 is 1.28 bits per heavy atom. The van der Waals surface area contributed by atoms with E-state index in [2.05, 4.69) is 50.1 Å². The molecular formula is C14H27N3O.